The van der Waals surface area contributed by atoms with Gasteiger partial charge in [-0.15, -0.1) is 0 Å². The number of ketones is 1. The molecule has 1 unspecified atom stereocenters. The summed E-state index contributed by atoms with van der Waals surface area (Å²) in [5, 5.41) is 0. The average Bonchev–Trinajstić information content (AvgIpc) is 2.84. The lowest BCUT2D eigenvalue weighted by atomic mass is 9.47. The number of allylic oxidation sites excluding steroid dienone is 1. The monoisotopic (exact) mass is 321 g/mol. The van der Waals surface area contributed by atoms with Gasteiger partial charge in [-0.05, 0) is 91.4 Å². The van der Waals surface area contributed by atoms with Crippen LogP contribution in [0.3, 0.4) is 0 Å². The summed E-state index contributed by atoms with van der Waals surface area (Å²) in [4.78, 5) is 14.9. The molecule has 0 bridgehead atoms. The molecule has 4 aliphatic carbocycles. The van der Waals surface area contributed by atoms with Crippen molar-refractivity contribution in [2.75, 3.05) is 0 Å². The average molecular weight is 322 g/mol. The van der Waals surface area contributed by atoms with E-state index in [2.05, 4.69) is 18.7 Å². The number of fused-ring (bicyclic) bond motifs is 5. The molecule has 0 spiro atoms. The van der Waals surface area contributed by atoms with E-state index in [9.17, 15) is 4.79 Å². The first-order valence-corrected chi connectivity index (χ1v) is 9.47. The lowest BCUT2D eigenvalue weighted by Crippen LogP contribution is -2.52. The molecule has 0 amide bonds. The second-order valence-electron chi connectivity index (χ2n) is 8.75. The Kier molecular flexibility index (Phi) is 3.51. The first kappa shape index (κ1) is 15.2. The molecule has 1 N–H and O–H groups in total. The zero-order valence-electron chi connectivity index (χ0n) is 13.8. The minimum Gasteiger partial charge on any atom is -0.295 e. The van der Waals surface area contributed by atoms with Gasteiger partial charge >= 0.3 is 0 Å². The topological polar surface area (TPSA) is 29.1 Å². The van der Waals surface area contributed by atoms with Crippen molar-refractivity contribution in [1.29, 1.82) is 0 Å². The summed E-state index contributed by atoms with van der Waals surface area (Å²) >= 11 is 6.05. The number of hydrogen-bond acceptors (Lipinski definition) is 2. The lowest BCUT2D eigenvalue weighted by molar-refractivity contribution is -0.117. The third-order valence-corrected chi connectivity index (χ3v) is 8.36. The highest BCUT2D eigenvalue weighted by molar-refractivity contribution is 6.13. The molecule has 0 aromatic rings. The van der Waals surface area contributed by atoms with E-state index < -0.39 is 0 Å². The van der Waals surface area contributed by atoms with Gasteiger partial charge < -0.3 is 0 Å². The van der Waals surface area contributed by atoms with E-state index in [4.69, 9.17) is 11.8 Å². The molecule has 4 aliphatic rings. The summed E-state index contributed by atoms with van der Waals surface area (Å²) in [6.07, 6.45) is 11.4. The Labute approximate surface area is 139 Å². The van der Waals surface area contributed by atoms with Crippen molar-refractivity contribution in [3.05, 3.63) is 11.6 Å². The van der Waals surface area contributed by atoms with Crippen molar-refractivity contribution >= 4 is 17.6 Å². The fraction of sp³-hybridized carbons (Fsp3) is 0.842. The predicted molar refractivity (Wildman–Crippen MR) is 89.5 cm³/mol. The van der Waals surface area contributed by atoms with Crippen molar-refractivity contribution in [3.8, 4) is 0 Å². The molecule has 0 radical (unpaired) electrons. The lowest BCUT2D eigenvalue weighted by Gasteiger charge is -2.58. The van der Waals surface area contributed by atoms with E-state index in [0.717, 1.165) is 37.0 Å². The summed E-state index contributed by atoms with van der Waals surface area (Å²) in [7, 11) is 0. The predicted octanol–water partition coefficient (Wildman–Crippen LogP) is 4.63. The van der Waals surface area contributed by atoms with Gasteiger partial charge in [-0.1, -0.05) is 19.4 Å². The second kappa shape index (κ2) is 5.08. The van der Waals surface area contributed by atoms with Crippen LogP contribution in [-0.2, 0) is 4.79 Å². The number of hydrogen-bond donors (Lipinski definition) is 1. The van der Waals surface area contributed by atoms with Crippen molar-refractivity contribution < 1.29 is 4.79 Å². The highest BCUT2D eigenvalue weighted by Crippen LogP contribution is 2.65. The second-order valence-corrected chi connectivity index (χ2v) is 8.97. The van der Waals surface area contributed by atoms with Gasteiger partial charge in [-0.25, -0.2) is 4.84 Å². The van der Waals surface area contributed by atoms with E-state index >= 15 is 0 Å². The summed E-state index contributed by atoms with van der Waals surface area (Å²) < 4.78 is 0. The summed E-state index contributed by atoms with van der Waals surface area (Å²) in [5.41, 5.74) is 2.15. The van der Waals surface area contributed by atoms with Gasteiger partial charge in [-0.2, -0.15) is 0 Å². The normalized spacial score (nSPS) is 50.9. The maximum absolute atomic E-state index is 11.8. The smallest absolute Gasteiger partial charge is 0.155 e. The Balaban J connectivity index is 1.67. The minimum absolute atomic E-state index is 0.296. The molecule has 3 heteroatoms. The molecule has 0 aliphatic heterocycles. The van der Waals surface area contributed by atoms with Gasteiger partial charge in [0.05, 0.1) is 0 Å². The molecule has 0 aromatic heterocycles. The molecule has 3 fully saturated rings. The highest BCUT2D eigenvalue weighted by Gasteiger charge is 2.58. The largest absolute Gasteiger partial charge is 0.295 e. The molecular formula is C19H28ClNO. The van der Waals surface area contributed by atoms with E-state index in [0.29, 0.717) is 22.7 Å². The van der Waals surface area contributed by atoms with E-state index in [1.54, 1.807) is 0 Å². The standard InChI is InChI=1S/C19H28ClNO/c1-18-9-7-13(22)11-12(18)3-4-14-15-5-6-17(21-20)19(15,2)10-8-16(14)18/h11,14-17,21H,3-10H2,1-2H3/t14-,15-,16-,17?,18-,19-/m0/s1. The molecule has 0 saturated heterocycles. The number of nitrogens with one attached hydrogen (secondary N) is 1. The van der Waals surface area contributed by atoms with Crippen molar-refractivity contribution in [1.82, 2.24) is 4.84 Å². The van der Waals surface area contributed by atoms with Crippen LogP contribution in [0.2, 0.25) is 0 Å². The van der Waals surface area contributed by atoms with Gasteiger partial charge in [0.1, 0.15) is 0 Å². The number of carbonyl (C=O) groups excluding carboxylic acids is 1. The molecular weight excluding hydrogens is 294 g/mol. The van der Waals surface area contributed by atoms with Crippen LogP contribution in [0.5, 0.6) is 0 Å². The molecule has 2 nitrogen and oxygen atoms in total. The van der Waals surface area contributed by atoms with Crippen LogP contribution in [-0.4, -0.2) is 11.8 Å². The van der Waals surface area contributed by atoms with Gasteiger partial charge in [0.2, 0.25) is 0 Å². The van der Waals surface area contributed by atoms with Gasteiger partial charge in [0.15, 0.2) is 5.78 Å². The van der Waals surface area contributed by atoms with Gasteiger partial charge in [0.25, 0.3) is 0 Å². The Morgan fingerprint density at radius 2 is 1.91 bits per heavy atom. The number of carbonyl (C=O) groups is 1. The quantitative estimate of drug-likeness (QED) is 0.713. The first-order valence-electron chi connectivity index (χ1n) is 9.09. The molecule has 4 rings (SSSR count). The third kappa shape index (κ3) is 1.92. The van der Waals surface area contributed by atoms with Crippen molar-refractivity contribution in [3.63, 3.8) is 0 Å². The van der Waals surface area contributed by atoms with Gasteiger partial charge in [-0.3, -0.25) is 4.79 Å². The molecule has 3 saturated carbocycles. The maximum Gasteiger partial charge on any atom is 0.155 e. The van der Waals surface area contributed by atoms with Crippen LogP contribution < -0.4 is 4.84 Å². The zero-order chi connectivity index (χ0) is 15.5. The van der Waals surface area contributed by atoms with Crippen LogP contribution in [0.4, 0.5) is 0 Å². The zero-order valence-corrected chi connectivity index (χ0v) is 14.6. The van der Waals surface area contributed by atoms with Crippen LogP contribution in [0.1, 0.15) is 65.2 Å². The molecule has 122 valence electrons. The van der Waals surface area contributed by atoms with E-state index in [-0.39, 0.29) is 0 Å². The molecule has 0 heterocycles. The highest BCUT2D eigenvalue weighted by atomic mass is 35.5. The van der Waals surface area contributed by atoms with Crippen LogP contribution in [0.25, 0.3) is 0 Å². The van der Waals surface area contributed by atoms with Crippen LogP contribution >= 0.6 is 11.8 Å². The van der Waals surface area contributed by atoms with E-state index in [1.807, 2.05) is 6.08 Å². The fourth-order valence-corrected chi connectivity index (χ4v) is 7.10. The Morgan fingerprint density at radius 3 is 2.68 bits per heavy atom. The number of rotatable bonds is 1. The van der Waals surface area contributed by atoms with Crippen LogP contribution in [0.15, 0.2) is 11.6 Å². The minimum atomic E-state index is 0.296. The van der Waals surface area contributed by atoms with E-state index in [1.165, 1.54) is 37.7 Å². The molecule has 22 heavy (non-hydrogen) atoms. The maximum atomic E-state index is 11.8. The third-order valence-electron chi connectivity index (χ3n) is 8.09. The summed E-state index contributed by atoms with van der Waals surface area (Å²) in [6.45, 7) is 4.93. The van der Waals surface area contributed by atoms with Gasteiger partial charge in [0, 0.05) is 12.5 Å². The Hall–Kier alpha value is -0.340. The van der Waals surface area contributed by atoms with Crippen LogP contribution in [0, 0.1) is 28.6 Å². The summed E-state index contributed by atoms with van der Waals surface area (Å²) in [5.74, 6) is 2.80. The summed E-state index contributed by atoms with van der Waals surface area (Å²) in [6, 6.07) is 0.484. The van der Waals surface area contributed by atoms with Crippen molar-refractivity contribution in [2.45, 2.75) is 71.3 Å². The Morgan fingerprint density at radius 1 is 1.09 bits per heavy atom. The molecule has 6 atom stereocenters. The first-order chi connectivity index (χ1) is 10.5. The Bertz CT molecular complexity index is 530. The van der Waals surface area contributed by atoms with Crippen molar-refractivity contribution in [2.24, 2.45) is 28.6 Å². The SMILES string of the molecule is C[C@]12CCC(=O)C=C1CC[C@@H]1[C@@H]2CC[C@]2(C)C(NCl)CC[C@@H]12. The fourth-order valence-electron chi connectivity index (χ4n) is 6.74. The molecule has 0 aromatic carbocycles. The number of halogens is 1.